The number of carbonyl (C=O) groups excluding carboxylic acids is 3. The monoisotopic (exact) mass is 511 g/mol. The molecule has 0 unspecified atom stereocenters. The van der Waals surface area contributed by atoms with Crippen LogP contribution in [0, 0.1) is 0 Å². The zero-order valence-electron chi connectivity index (χ0n) is 17.0. The van der Waals surface area contributed by atoms with Gasteiger partial charge in [-0.1, -0.05) is 46.3 Å². The molecule has 0 aliphatic carbocycles. The number of carbonyl (C=O) groups is 3. The summed E-state index contributed by atoms with van der Waals surface area (Å²) in [7, 11) is 0. The zero-order chi connectivity index (χ0) is 22.7. The molecule has 0 bridgehead atoms. The second kappa shape index (κ2) is 9.58. The molecule has 0 saturated carbocycles. The molecule has 32 heavy (non-hydrogen) atoms. The quantitative estimate of drug-likeness (QED) is 0.293. The Bertz CT molecular complexity index is 1220. The van der Waals surface area contributed by atoms with Crippen LogP contribution in [0.25, 0.3) is 17.4 Å². The molecule has 1 aliphatic heterocycles. The van der Waals surface area contributed by atoms with E-state index in [2.05, 4.69) is 15.9 Å². The molecule has 2 heterocycles. The number of imide groups is 1. The molecular weight excluding hydrogens is 494 g/mol. The zero-order valence-corrected chi connectivity index (χ0v) is 19.4. The van der Waals surface area contributed by atoms with E-state index >= 15 is 0 Å². The van der Waals surface area contributed by atoms with Gasteiger partial charge in [-0.15, -0.1) is 0 Å². The number of hydrogen-bond acceptors (Lipinski definition) is 6. The minimum Gasteiger partial charge on any atom is -0.462 e. The van der Waals surface area contributed by atoms with Gasteiger partial charge in [-0.3, -0.25) is 14.5 Å². The Hall–Kier alpha value is -3.10. The first-order valence-corrected chi connectivity index (χ1v) is 11.4. The standard InChI is InChI=1S/C24H18BrNO5S/c1-2-30-23(28)16-9-7-15(8-10-16)20-12-11-18(31-20)13-21-22(27)26(24(29)32-21)14-17-5-3-4-6-19(17)25/h3-13H,2,14H2,1H3/b21-13+. The van der Waals surface area contributed by atoms with E-state index in [9.17, 15) is 14.4 Å². The molecule has 0 spiro atoms. The summed E-state index contributed by atoms with van der Waals surface area (Å²) in [4.78, 5) is 38.5. The van der Waals surface area contributed by atoms with E-state index in [4.69, 9.17) is 9.15 Å². The second-order valence-electron chi connectivity index (χ2n) is 6.86. The molecule has 0 radical (unpaired) electrons. The van der Waals surface area contributed by atoms with Crippen molar-refractivity contribution in [3.8, 4) is 11.3 Å². The van der Waals surface area contributed by atoms with Crippen LogP contribution in [0.2, 0.25) is 0 Å². The maximum Gasteiger partial charge on any atom is 0.338 e. The van der Waals surface area contributed by atoms with Gasteiger partial charge in [0.25, 0.3) is 11.1 Å². The van der Waals surface area contributed by atoms with Gasteiger partial charge < -0.3 is 9.15 Å². The molecule has 1 saturated heterocycles. The van der Waals surface area contributed by atoms with Gasteiger partial charge >= 0.3 is 5.97 Å². The van der Waals surface area contributed by atoms with Gasteiger partial charge in [0.2, 0.25) is 0 Å². The molecule has 0 atom stereocenters. The number of rotatable bonds is 6. The lowest BCUT2D eigenvalue weighted by Gasteiger charge is -2.13. The highest BCUT2D eigenvalue weighted by molar-refractivity contribution is 9.10. The first-order valence-electron chi connectivity index (χ1n) is 9.82. The van der Waals surface area contributed by atoms with Crippen LogP contribution in [0.4, 0.5) is 4.79 Å². The summed E-state index contributed by atoms with van der Waals surface area (Å²) in [6, 6.07) is 17.8. The van der Waals surface area contributed by atoms with Crippen LogP contribution in [-0.4, -0.2) is 28.6 Å². The third kappa shape index (κ3) is 4.71. The number of esters is 1. The van der Waals surface area contributed by atoms with Crippen molar-refractivity contribution in [3.05, 3.63) is 86.9 Å². The van der Waals surface area contributed by atoms with E-state index in [0.29, 0.717) is 28.6 Å². The van der Waals surface area contributed by atoms with Crippen molar-refractivity contribution in [1.29, 1.82) is 0 Å². The largest absolute Gasteiger partial charge is 0.462 e. The van der Waals surface area contributed by atoms with Gasteiger partial charge in [-0.2, -0.15) is 0 Å². The fourth-order valence-electron chi connectivity index (χ4n) is 3.13. The first kappa shape index (κ1) is 22.1. The van der Waals surface area contributed by atoms with Gasteiger partial charge in [0, 0.05) is 16.1 Å². The fraction of sp³-hybridized carbons (Fsp3) is 0.125. The van der Waals surface area contributed by atoms with Crippen molar-refractivity contribution >= 4 is 50.9 Å². The summed E-state index contributed by atoms with van der Waals surface area (Å²) < 4.78 is 11.7. The maximum atomic E-state index is 12.8. The molecule has 6 nitrogen and oxygen atoms in total. The molecule has 3 aromatic rings. The molecule has 1 fully saturated rings. The Morgan fingerprint density at radius 2 is 1.84 bits per heavy atom. The highest BCUT2D eigenvalue weighted by Crippen LogP contribution is 2.35. The van der Waals surface area contributed by atoms with Crippen LogP contribution in [0.3, 0.4) is 0 Å². The summed E-state index contributed by atoms with van der Waals surface area (Å²) in [6.07, 6.45) is 1.57. The average molecular weight is 512 g/mol. The van der Waals surface area contributed by atoms with E-state index in [0.717, 1.165) is 27.4 Å². The predicted molar refractivity (Wildman–Crippen MR) is 126 cm³/mol. The highest BCUT2D eigenvalue weighted by atomic mass is 79.9. The number of benzene rings is 2. The van der Waals surface area contributed by atoms with E-state index in [1.807, 2.05) is 24.3 Å². The third-order valence-corrected chi connectivity index (χ3v) is 6.42. The number of hydrogen-bond donors (Lipinski definition) is 0. The number of amides is 2. The van der Waals surface area contributed by atoms with Crippen molar-refractivity contribution in [2.45, 2.75) is 13.5 Å². The number of nitrogens with zero attached hydrogens (tertiary/aromatic N) is 1. The van der Waals surface area contributed by atoms with Crippen molar-refractivity contribution in [2.75, 3.05) is 6.61 Å². The van der Waals surface area contributed by atoms with E-state index in [-0.39, 0.29) is 23.7 Å². The molecule has 0 N–H and O–H groups in total. The third-order valence-electron chi connectivity index (χ3n) is 4.74. The van der Waals surface area contributed by atoms with Crippen molar-refractivity contribution < 1.29 is 23.5 Å². The van der Waals surface area contributed by atoms with Gasteiger partial charge in [0.05, 0.1) is 23.6 Å². The van der Waals surface area contributed by atoms with E-state index < -0.39 is 0 Å². The van der Waals surface area contributed by atoms with Gasteiger partial charge in [0.1, 0.15) is 11.5 Å². The maximum absolute atomic E-state index is 12.8. The van der Waals surface area contributed by atoms with Crippen LogP contribution >= 0.6 is 27.7 Å². The molecule has 2 aromatic carbocycles. The number of furan rings is 1. The average Bonchev–Trinajstić information content (AvgIpc) is 3.36. The molecule has 2 amide bonds. The van der Waals surface area contributed by atoms with Crippen LogP contribution < -0.4 is 0 Å². The van der Waals surface area contributed by atoms with Gasteiger partial charge in [0.15, 0.2) is 0 Å². The Labute approximate surface area is 197 Å². The molecule has 8 heteroatoms. The number of thioether (sulfide) groups is 1. The number of ether oxygens (including phenoxy) is 1. The minimum absolute atomic E-state index is 0.194. The summed E-state index contributed by atoms with van der Waals surface area (Å²) in [5.41, 5.74) is 2.09. The van der Waals surface area contributed by atoms with Gasteiger partial charge in [-0.05, 0) is 54.6 Å². The minimum atomic E-state index is -0.377. The van der Waals surface area contributed by atoms with Crippen molar-refractivity contribution in [1.82, 2.24) is 4.90 Å². The molecule has 162 valence electrons. The fourth-order valence-corrected chi connectivity index (χ4v) is 4.36. The lowest BCUT2D eigenvalue weighted by atomic mass is 10.1. The summed E-state index contributed by atoms with van der Waals surface area (Å²) in [5, 5.41) is -0.321. The Morgan fingerprint density at radius 1 is 1.09 bits per heavy atom. The lowest BCUT2D eigenvalue weighted by molar-refractivity contribution is -0.123. The molecule has 4 rings (SSSR count). The molecule has 1 aliphatic rings. The second-order valence-corrected chi connectivity index (χ2v) is 8.71. The predicted octanol–water partition coefficient (Wildman–Crippen LogP) is 6.12. The van der Waals surface area contributed by atoms with Gasteiger partial charge in [-0.25, -0.2) is 4.79 Å². The summed E-state index contributed by atoms with van der Waals surface area (Å²) >= 11 is 4.33. The highest BCUT2D eigenvalue weighted by Gasteiger charge is 2.35. The topological polar surface area (TPSA) is 76.8 Å². The van der Waals surface area contributed by atoms with E-state index in [1.54, 1.807) is 49.4 Å². The Morgan fingerprint density at radius 3 is 2.56 bits per heavy atom. The Balaban J connectivity index is 1.49. The van der Waals surface area contributed by atoms with Crippen LogP contribution in [0.1, 0.15) is 28.6 Å². The summed E-state index contributed by atoms with van der Waals surface area (Å²) in [6.45, 7) is 2.27. The van der Waals surface area contributed by atoms with Crippen molar-refractivity contribution in [2.24, 2.45) is 0 Å². The smallest absolute Gasteiger partial charge is 0.338 e. The van der Waals surface area contributed by atoms with Crippen molar-refractivity contribution in [3.63, 3.8) is 0 Å². The Kier molecular flexibility index (Phi) is 6.62. The van der Waals surface area contributed by atoms with E-state index in [1.165, 1.54) is 4.90 Å². The first-order chi connectivity index (χ1) is 15.5. The van der Waals surface area contributed by atoms with Crippen LogP contribution in [0.15, 0.2) is 74.5 Å². The summed E-state index contributed by atoms with van der Waals surface area (Å²) in [5.74, 6) is 0.310. The SMILES string of the molecule is CCOC(=O)c1ccc(-c2ccc(/C=C3/SC(=O)N(Cc4ccccc4Br)C3=O)o2)cc1. The van der Waals surface area contributed by atoms with Crippen LogP contribution in [0.5, 0.6) is 0 Å². The van der Waals surface area contributed by atoms with Crippen LogP contribution in [-0.2, 0) is 16.1 Å². The number of halogens is 1. The lowest BCUT2D eigenvalue weighted by Crippen LogP contribution is -2.27. The molecular formula is C24H18BrNO5S. The molecule has 1 aromatic heterocycles. The normalized spacial score (nSPS) is 14.9.